The van der Waals surface area contributed by atoms with Crippen LogP contribution in [0.3, 0.4) is 0 Å². The monoisotopic (exact) mass is 447 g/mol. The zero-order chi connectivity index (χ0) is 22.8. The second-order valence-corrected chi connectivity index (χ2v) is 7.60. The topological polar surface area (TPSA) is 96.5 Å². The lowest BCUT2D eigenvalue weighted by Crippen LogP contribution is -2.20. The van der Waals surface area contributed by atoms with Gasteiger partial charge in [-0.1, -0.05) is 54.1 Å². The molecule has 0 unspecified atom stereocenters. The van der Waals surface area contributed by atoms with E-state index in [9.17, 15) is 14.4 Å². The lowest BCUT2D eigenvalue weighted by atomic mass is 9.96. The highest BCUT2D eigenvalue weighted by Crippen LogP contribution is 2.34. The highest BCUT2D eigenvalue weighted by Gasteiger charge is 2.21. The number of methoxy groups -OCH3 is 1. The molecule has 0 aliphatic heterocycles. The first kappa shape index (κ1) is 21.3. The number of benzene rings is 3. The summed E-state index contributed by atoms with van der Waals surface area (Å²) in [6.45, 7) is 0. The maximum Gasteiger partial charge on any atom is 0.354 e. The van der Waals surface area contributed by atoms with Gasteiger partial charge in [0.15, 0.2) is 5.43 Å². The van der Waals surface area contributed by atoms with Crippen molar-refractivity contribution < 1.29 is 19.4 Å². The number of carboxylic acid groups (broad SMARTS) is 1. The average molecular weight is 448 g/mol. The molecule has 6 nitrogen and oxygen atoms in total. The number of aromatic carboxylic acids is 1. The fraction of sp³-hybridized carbons (Fsp3) is 0.0800. The molecule has 7 heteroatoms. The van der Waals surface area contributed by atoms with E-state index in [0.717, 1.165) is 5.56 Å². The maximum absolute atomic E-state index is 13.5. The van der Waals surface area contributed by atoms with Crippen LogP contribution in [0.25, 0.3) is 22.0 Å². The maximum atomic E-state index is 13.5. The van der Waals surface area contributed by atoms with Gasteiger partial charge in [0.05, 0.1) is 23.2 Å². The molecule has 0 aliphatic carbocycles. The van der Waals surface area contributed by atoms with Gasteiger partial charge in [0.2, 0.25) is 0 Å². The van der Waals surface area contributed by atoms with E-state index in [4.69, 9.17) is 21.4 Å². The van der Waals surface area contributed by atoms with Crippen LogP contribution >= 0.6 is 11.6 Å². The van der Waals surface area contributed by atoms with Gasteiger partial charge in [0.1, 0.15) is 5.69 Å². The van der Waals surface area contributed by atoms with Crippen LogP contribution in [-0.2, 0) is 11.2 Å². The number of esters is 1. The SMILES string of the molecule is COC(=O)c1[nH]c2c(-c3ccccc3)c(Cl)ccc2c(=O)c1Cc1ccc(C(=O)O)cc1. The minimum Gasteiger partial charge on any atom is -0.478 e. The molecule has 0 bridgehead atoms. The van der Waals surface area contributed by atoms with Crippen molar-refractivity contribution in [3.05, 3.63) is 104 Å². The number of carboxylic acids is 1. The predicted octanol–water partition coefficient (Wildman–Crippen LogP) is 4.92. The Morgan fingerprint density at radius 3 is 2.31 bits per heavy atom. The van der Waals surface area contributed by atoms with E-state index in [1.807, 2.05) is 30.3 Å². The van der Waals surface area contributed by atoms with Crippen LogP contribution in [0.5, 0.6) is 0 Å². The number of aromatic nitrogens is 1. The molecule has 4 aromatic rings. The second-order valence-electron chi connectivity index (χ2n) is 7.19. The summed E-state index contributed by atoms with van der Waals surface area (Å²) in [7, 11) is 1.24. The van der Waals surface area contributed by atoms with Crippen molar-refractivity contribution in [3.8, 4) is 11.1 Å². The molecular weight excluding hydrogens is 430 g/mol. The molecule has 1 heterocycles. The van der Waals surface area contributed by atoms with Crippen LogP contribution in [-0.4, -0.2) is 29.1 Å². The molecular formula is C25H18ClNO5. The van der Waals surface area contributed by atoms with Crippen molar-refractivity contribution in [1.29, 1.82) is 0 Å². The number of nitrogens with one attached hydrogen (secondary N) is 1. The van der Waals surface area contributed by atoms with Crippen molar-refractivity contribution in [1.82, 2.24) is 4.98 Å². The molecule has 0 atom stereocenters. The molecule has 3 aromatic carbocycles. The van der Waals surface area contributed by atoms with Gasteiger partial charge >= 0.3 is 11.9 Å². The van der Waals surface area contributed by atoms with Crippen LogP contribution in [0.4, 0.5) is 0 Å². The number of hydrogen-bond acceptors (Lipinski definition) is 4. The normalized spacial score (nSPS) is 10.8. The molecule has 0 saturated heterocycles. The quantitative estimate of drug-likeness (QED) is 0.423. The molecule has 4 rings (SSSR count). The Bertz CT molecular complexity index is 1390. The fourth-order valence-corrected chi connectivity index (χ4v) is 3.94. The summed E-state index contributed by atoms with van der Waals surface area (Å²) in [6.07, 6.45) is 0.124. The van der Waals surface area contributed by atoms with Gasteiger partial charge in [-0.15, -0.1) is 0 Å². The standard InChI is InChI=1S/C25H18ClNO5/c1-32-25(31)22-18(13-14-7-9-16(10-8-14)24(29)30)23(28)17-11-12-19(26)20(21(17)27-22)15-5-3-2-4-6-15/h2-12H,13H2,1H3,(H,27,28)(H,29,30). The lowest BCUT2D eigenvalue weighted by Gasteiger charge is -2.14. The number of carbonyl (C=O) groups is 2. The van der Waals surface area contributed by atoms with Crippen LogP contribution in [0.2, 0.25) is 5.02 Å². The van der Waals surface area contributed by atoms with Crippen LogP contribution < -0.4 is 5.43 Å². The minimum atomic E-state index is -1.04. The van der Waals surface area contributed by atoms with Gasteiger partial charge in [0.25, 0.3) is 0 Å². The number of fused-ring (bicyclic) bond motifs is 1. The number of hydrogen-bond donors (Lipinski definition) is 2. The van der Waals surface area contributed by atoms with Gasteiger partial charge in [0, 0.05) is 22.9 Å². The van der Waals surface area contributed by atoms with E-state index >= 15 is 0 Å². The third-order valence-electron chi connectivity index (χ3n) is 5.26. The van der Waals surface area contributed by atoms with Gasteiger partial charge in [-0.05, 0) is 35.4 Å². The number of H-pyrrole nitrogens is 1. The average Bonchev–Trinajstić information content (AvgIpc) is 2.81. The summed E-state index contributed by atoms with van der Waals surface area (Å²) < 4.78 is 4.93. The summed E-state index contributed by atoms with van der Waals surface area (Å²) in [6, 6.07) is 18.8. The van der Waals surface area contributed by atoms with E-state index < -0.39 is 11.9 Å². The van der Waals surface area contributed by atoms with Crippen LogP contribution in [0.1, 0.15) is 32.0 Å². The fourth-order valence-electron chi connectivity index (χ4n) is 3.67. The Hall–Kier alpha value is -3.90. The van der Waals surface area contributed by atoms with Gasteiger partial charge in [-0.25, -0.2) is 9.59 Å². The zero-order valence-electron chi connectivity index (χ0n) is 17.0. The largest absolute Gasteiger partial charge is 0.478 e. The first-order valence-electron chi connectivity index (χ1n) is 9.74. The van der Waals surface area contributed by atoms with Crippen molar-refractivity contribution in [3.63, 3.8) is 0 Å². The summed E-state index contributed by atoms with van der Waals surface area (Å²) in [5, 5.41) is 9.92. The highest BCUT2D eigenvalue weighted by molar-refractivity contribution is 6.35. The van der Waals surface area contributed by atoms with Crippen LogP contribution in [0.15, 0.2) is 71.5 Å². The number of rotatable bonds is 5. The van der Waals surface area contributed by atoms with E-state index in [1.165, 1.54) is 19.2 Å². The molecule has 0 saturated carbocycles. The summed E-state index contributed by atoms with van der Waals surface area (Å²) in [4.78, 5) is 40.3. The van der Waals surface area contributed by atoms with Gasteiger partial charge < -0.3 is 14.8 Å². The number of ether oxygens (including phenoxy) is 1. The van der Waals surface area contributed by atoms with E-state index in [2.05, 4.69) is 4.98 Å². The smallest absolute Gasteiger partial charge is 0.354 e. The Labute approximate surface area is 188 Å². The first-order valence-corrected chi connectivity index (χ1v) is 10.1. The Morgan fingerprint density at radius 2 is 1.69 bits per heavy atom. The van der Waals surface area contributed by atoms with Crippen molar-refractivity contribution in [2.45, 2.75) is 6.42 Å². The highest BCUT2D eigenvalue weighted by atomic mass is 35.5. The van der Waals surface area contributed by atoms with Crippen molar-refractivity contribution in [2.24, 2.45) is 0 Å². The van der Waals surface area contributed by atoms with E-state index in [-0.39, 0.29) is 28.7 Å². The van der Waals surface area contributed by atoms with Crippen LogP contribution in [0, 0.1) is 0 Å². The summed E-state index contributed by atoms with van der Waals surface area (Å²) in [5.74, 6) is -1.72. The second kappa shape index (κ2) is 8.69. The van der Waals surface area contributed by atoms with Crippen molar-refractivity contribution in [2.75, 3.05) is 7.11 Å². The summed E-state index contributed by atoms with van der Waals surface area (Å²) >= 11 is 6.48. The zero-order valence-corrected chi connectivity index (χ0v) is 17.8. The predicted molar refractivity (Wildman–Crippen MR) is 123 cm³/mol. The van der Waals surface area contributed by atoms with E-state index in [1.54, 1.807) is 24.3 Å². The van der Waals surface area contributed by atoms with Crippen molar-refractivity contribution >= 4 is 34.4 Å². The summed E-state index contributed by atoms with van der Waals surface area (Å²) in [5.41, 5.74) is 2.62. The minimum absolute atomic E-state index is 0.0340. The molecule has 1 aromatic heterocycles. The molecule has 0 spiro atoms. The number of halogens is 1. The lowest BCUT2D eigenvalue weighted by molar-refractivity contribution is 0.0592. The Kier molecular flexibility index (Phi) is 5.79. The third kappa shape index (κ3) is 3.88. The molecule has 160 valence electrons. The first-order chi connectivity index (χ1) is 15.4. The molecule has 0 radical (unpaired) electrons. The third-order valence-corrected chi connectivity index (χ3v) is 5.57. The molecule has 0 amide bonds. The number of aromatic amines is 1. The van der Waals surface area contributed by atoms with Gasteiger partial charge in [-0.3, -0.25) is 4.79 Å². The number of pyridine rings is 1. The molecule has 2 N–H and O–H groups in total. The Balaban J connectivity index is 1.95. The molecule has 0 fully saturated rings. The number of carbonyl (C=O) groups excluding carboxylic acids is 1. The van der Waals surface area contributed by atoms with E-state index in [0.29, 0.717) is 27.1 Å². The molecule has 32 heavy (non-hydrogen) atoms. The Morgan fingerprint density at radius 1 is 1.00 bits per heavy atom. The molecule has 0 aliphatic rings. The van der Waals surface area contributed by atoms with Gasteiger partial charge in [-0.2, -0.15) is 0 Å².